The van der Waals surface area contributed by atoms with E-state index in [2.05, 4.69) is 39.9 Å². The number of nitrogens with one attached hydrogen (secondary N) is 1. The third-order valence-electron chi connectivity index (χ3n) is 12.1. The molecule has 4 nitrogen and oxygen atoms in total. The molecule has 204 valence electrons. The summed E-state index contributed by atoms with van der Waals surface area (Å²) in [6, 6.07) is 0.0892. The molecule has 0 amide bonds. The maximum absolute atomic E-state index is 12.3. The lowest BCUT2D eigenvalue weighted by atomic mass is 9.42. The molecule has 35 heavy (non-hydrogen) atoms. The topological polar surface area (TPSA) is 78.5 Å². The highest BCUT2D eigenvalue weighted by molar-refractivity contribution is 5.18. The first-order chi connectivity index (χ1) is 16.6. The largest absolute Gasteiger partial charge is 0.393 e. The summed E-state index contributed by atoms with van der Waals surface area (Å²) in [5, 5.41) is 26.8. The minimum absolute atomic E-state index is 0.0892. The highest BCUT2D eigenvalue weighted by Gasteiger charge is 2.67. The van der Waals surface area contributed by atoms with Crippen LogP contribution in [0.2, 0.25) is 0 Å². The van der Waals surface area contributed by atoms with E-state index in [0.717, 1.165) is 68.9 Å². The van der Waals surface area contributed by atoms with E-state index >= 15 is 0 Å². The Hall–Kier alpha value is -0.160. The molecule has 0 unspecified atom stereocenters. The standard InChI is InChI=1S/C31H58N2O2/c1-21(2)9-8-10-22(3)25-11-12-26-24-19-28(33-18-7-6-17-32)31(35)20-23(34)13-16-30(31,5)27(24)14-15-29(25,26)4/h21-28,33-35H,6-20,32H2,1-5H3/t22-,23+,24+,25-,26+,27+,28-,29-,30-,31+/m1/s1. The minimum Gasteiger partial charge on any atom is -0.393 e. The van der Waals surface area contributed by atoms with Crippen LogP contribution in [0.25, 0.3) is 0 Å². The lowest BCUT2D eigenvalue weighted by Crippen LogP contribution is -2.71. The molecule has 0 aromatic heterocycles. The van der Waals surface area contributed by atoms with Crippen molar-refractivity contribution in [3.63, 3.8) is 0 Å². The Morgan fingerprint density at radius 1 is 0.943 bits per heavy atom. The number of aliphatic hydroxyl groups is 2. The zero-order valence-corrected chi connectivity index (χ0v) is 23.7. The highest BCUT2D eigenvalue weighted by Crippen LogP contribution is 2.69. The molecule has 0 aromatic rings. The van der Waals surface area contributed by atoms with Gasteiger partial charge < -0.3 is 21.3 Å². The number of fused-ring (bicyclic) bond motifs is 5. The highest BCUT2D eigenvalue weighted by atomic mass is 16.3. The van der Waals surface area contributed by atoms with Crippen molar-refractivity contribution in [1.29, 1.82) is 0 Å². The van der Waals surface area contributed by atoms with E-state index in [1.165, 1.54) is 44.9 Å². The van der Waals surface area contributed by atoms with Crippen LogP contribution in [0.15, 0.2) is 0 Å². The van der Waals surface area contributed by atoms with Gasteiger partial charge in [0.1, 0.15) is 0 Å². The summed E-state index contributed by atoms with van der Waals surface area (Å²) in [5.41, 5.74) is 5.32. The second-order valence-corrected chi connectivity index (χ2v) is 14.4. The van der Waals surface area contributed by atoms with E-state index in [-0.39, 0.29) is 17.6 Å². The van der Waals surface area contributed by atoms with Gasteiger partial charge in [-0.3, -0.25) is 0 Å². The van der Waals surface area contributed by atoms with Crippen molar-refractivity contribution in [2.24, 2.45) is 52.1 Å². The smallest absolute Gasteiger partial charge is 0.0880 e. The summed E-state index contributed by atoms with van der Waals surface area (Å²) < 4.78 is 0. The van der Waals surface area contributed by atoms with Gasteiger partial charge in [0.15, 0.2) is 0 Å². The summed E-state index contributed by atoms with van der Waals surface area (Å²) in [6.07, 6.45) is 14.7. The van der Waals surface area contributed by atoms with Gasteiger partial charge in [-0.15, -0.1) is 0 Å². The second-order valence-electron chi connectivity index (χ2n) is 14.4. The van der Waals surface area contributed by atoms with Crippen LogP contribution in [0, 0.1) is 46.3 Å². The fourth-order valence-electron chi connectivity index (χ4n) is 10.1. The molecule has 4 rings (SSSR count). The lowest BCUT2D eigenvalue weighted by Gasteiger charge is -2.66. The Bertz CT molecular complexity index is 699. The number of hydrogen-bond acceptors (Lipinski definition) is 4. The average molecular weight is 491 g/mol. The van der Waals surface area contributed by atoms with Crippen molar-refractivity contribution >= 4 is 0 Å². The Kier molecular flexibility index (Phi) is 8.68. The van der Waals surface area contributed by atoms with Gasteiger partial charge in [-0.25, -0.2) is 0 Å². The molecule has 10 atom stereocenters. The molecular formula is C31H58N2O2. The minimum atomic E-state index is -0.801. The fourth-order valence-corrected chi connectivity index (χ4v) is 10.1. The van der Waals surface area contributed by atoms with E-state index in [0.29, 0.717) is 23.7 Å². The van der Waals surface area contributed by atoms with Crippen LogP contribution in [-0.4, -0.2) is 41.0 Å². The second kappa shape index (κ2) is 10.9. The van der Waals surface area contributed by atoms with E-state index in [9.17, 15) is 10.2 Å². The van der Waals surface area contributed by atoms with Gasteiger partial charge in [-0.05, 0) is 112 Å². The van der Waals surface area contributed by atoms with Crippen molar-refractivity contribution in [2.45, 2.75) is 136 Å². The monoisotopic (exact) mass is 490 g/mol. The van der Waals surface area contributed by atoms with Gasteiger partial charge in [0, 0.05) is 17.9 Å². The van der Waals surface area contributed by atoms with Crippen LogP contribution < -0.4 is 11.1 Å². The van der Waals surface area contributed by atoms with Crippen molar-refractivity contribution in [1.82, 2.24) is 5.32 Å². The van der Waals surface area contributed by atoms with Crippen LogP contribution in [0.1, 0.15) is 118 Å². The molecule has 4 aliphatic carbocycles. The van der Waals surface area contributed by atoms with E-state index < -0.39 is 5.60 Å². The molecule has 0 heterocycles. The molecule has 0 bridgehead atoms. The molecule has 0 radical (unpaired) electrons. The fraction of sp³-hybridized carbons (Fsp3) is 1.00. The van der Waals surface area contributed by atoms with Gasteiger partial charge in [0.05, 0.1) is 11.7 Å². The molecule has 0 aromatic carbocycles. The number of nitrogens with two attached hydrogens (primary N) is 1. The third-order valence-corrected chi connectivity index (χ3v) is 12.1. The number of rotatable bonds is 10. The van der Waals surface area contributed by atoms with Crippen LogP contribution >= 0.6 is 0 Å². The summed E-state index contributed by atoms with van der Waals surface area (Å²) in [4.78, 5) is 0. The summed E-state index contributed by atoms with van der Waals surface area (Å²) in [6.45, 7) is 14.0. The molecule has 4 fully saturated rings. The molecule has 0 spiro atoms. The normalized spacial score (nSPS) is 46.2. The van der Waals surface area contributed by atoms with Crippen molar-refractivity contribution in [2.75, 3.05) is 13.1 Å². The van der Waals surface area contributed by atoms with Gasteiger partial charge in [0.2, 0.25) is 0 Å². The zero-order chi connectivity index (χ0) is 25.4. The number of hydrogen-bond donors (Lipinski definition) is 4. The van der Waals surface area contributed by atoms with Crippen LogP contribution in [-0.2, 0) is 0 Å². The third kappa shape index (κ3) is 5.00. The van der Waals surface area contributed by atoms with E-state index in [4.69, 9.17) is 5.73 Å². The maximum atomic E-state index is 12.3. The summed E-state index contributed by atoms with van der Waals surface area (Å²) in [7, 11) is 0. The first-order valence-corrected chi connectivity index (χ1v) is 15.4. The molecule has 4 saturated carbocycles. The molecule has 4 heteroatoms. The van der Waals surface area contributed by atoms with E-state index in [1.54, 1.807) is 0 Å². The first-order valence-electron chi connectivity index (χ1n) is 15.4. The molecule has 5 N–H and O–H groups in total. The quantitative estimate of drug-likeness (QED) is 0.288. The zero-order valence-electron chi connectivity index (χ0n) is 23.7. The Balaban J connectivity index is 1.54. The van der Waals surface area contributed by atoms with Gasteiger partial charge in [-0.1, -0.05) is 53.9 Å². The van der Waals surface area contributed by atoms with Crippen molar-refractivity contribution in [3.8, 4) is 0 Å². The van der Waals surface area contributed by atoms with Crippen LogP contribution in [0.3, 0.4) is 0 Å². The Morgan fingerprint density at radius 3 is 2.43 bits per heavy atom. The predicted molar refractivity (Wildman–Crippen MR) is 146 cm³/mol. The summed E-state index contributed by atoms with van der Waals surface area (Å²) >= 11 is 0. The molecule has 4 aliphatic rings. The van der Waals surface area contributed by atoms with Crippen molar-refractivity contribution < 1.29 is 10.2 Å². The summed E-state index contributed by atoms with van der Waals surface area (Å²) in [5.74, 6) is 4.59. The van der Waals surface area contributed by atoms with Gasteiger partial charge in [0.25, 0.3) is 0 Å². The van der Waals surface area contributed by atoms with E-state index in [1.807, 2.05) is 0 Å². The Labute approximate surface area is 216 Å². The molecule has 0 aliphatic heterocycles. The van der Waals surface area contributed by atoms with Gasteiger partial charge in [-0.2, -0.15) is 0 Å². The maximum Gasteiger partial charge on any atom is 0.0880 e. The first kappa shape index (κ1) is 27.9. The number of unbranched alkanes of at least 4 members (excludes halogenated alkanes) is 1. The van der Waals surface area contributed by atoms with Gasteiger partial charge >= 0.3 is 0 Å². The van der Waals surface area contributed by atoms with Crippen LogP contribution in [0.5, 0.6) is 0 Å². The van der Waals surface area contributed by atoms with Crippen molar-refractivity contribution in [3.05, 3.63) is 0 Å². The average Bonchev–Trinajstić information content (AvgIpc) is 3.15. The SMILES string of the molecule is CC(C)CCC[C@@H](C)[C@H]1CC[C@H]2[C@@H]3C[C@@H](NCCCCN)[C@@]4(O)C[C@@H](O)CC[C@]4(C)[C@H]3CC[C@]12C. The Morgan fingerprint density at radius 2 is 1.71 bits per heavy atom. The molecular weight excluding hydrogens is 432 g/mol. The number of aliphatic hydroxyl groups excluding tert-OH is 1. The predicted octanol–water partition coefficient (Wildman–Crippen LogP) is 5.89. The molecule has 0 saturated heterocycles. The van der Waals surface area contributed by atoms with Crippen LogP contribution in [0.4, 0.5) is 0 Å². The lowest BCUT2D eigenvalue weighted by molar-refractivity contribution is -0.234.